The average Bonchev–Trinajstić information content (AvgIpc) is 2.39. The van der Waals surface area contributed by atoms with Crippen molar-refractivity contribution in [3.8, 4) is 11.5 Å². The normalized spacial score (nSPS) is 11.2. The molecule has 24 heavy (non-hydrogen) atoms. The number of hydrogen-bond acceptors (Lipinski definition) is 6. The van der Waals surface area contributed by atoms with Gasteiger partial charge in [0.2, 0.25) is 5.91 Å². The third-order valence-electron chi connectivity index (χ3n) is 2.74. The zero-order chi connectivity index (χ0) is 17.6. The molecule has 0 aliphatic rings. The number of carbonyl (C=O) groups is 3. The molecular weight excluding hydrogens is 336 g/mol. The predicted octanol–water partition coefficient (Wildman–Crippen LogP) is 1.35. The molecule has 134 valence electrons. The molecular formula is C16H23ClN2O5. The fraction of sp³-hybridized carbons (Fsp3) is 0.438. The lowest BCUT2D eigenvalue weighted by Crippen LogP contribution is -2.44. The molecule has 1 amide bonds. The van der Waals surface area contributed by atoms with Crippen molar-refractivity contribution in [2.45, 2.75) is 46.2 Å². The van der Waals surface area contributed by atoms with Crippen LogP contribution in [0.3, 0.4) is 0 Å². The van der Waals surface area contributed by atoms with E-state index in [1.165, 1.54) is 26.0 Å². The molecule has 0 radical (unpaired) electrons. The van der Waals surface area contributed by atoms with E-state index < -0.39 is 18.0 Å². The summed E-state index contributed by atoms with van der Waals surface area (Å²) in [5.41, 5.74) is 6.55. The van der Waals surface area contributed by atoms with Crippen molar-refractivity contribution in [1.82, 2.24) is 5.32 Å². The quantitative estimate of drug-likeness (QED) is 0.587. The molecule has 1 aromatic carbocycles. The summed E-state index contributed by atoms with van der Waals surface area (Å²) >= 11 is 0. The van der Waals surface area contributed by atoms with Gasteiger partial charge in [0, 0.05) is 19.9 Å². The van der Waals surface area contributed by atoms with Crippen molar-refractivity contribution in [3.63, 3.8) is 0 Å². The minimum absolute atomic E-state index is 0. The highest BCUT2D eigenvalue weighted by Crippen LogP contribution is 2.29. The lowest BCUT2D eigenvalue weighted by Gasteiger charge is -2.15. The minimum atomic E-state index is -0.734. The highest BCUT2D eigenvalue weighted by molar-refractivity contribution is 5.85. The first-order valence-corrected chi connectivity index (χ1v) is 7.24. The van der Waals surface area contributed by atoms with Gasteiger partial charge >= 0.3 is 11.9 Å². The highest BCUT2D eigenvalue weighted by atomic mass is 35.5. The van der Waals surface area contributed by atoms with Crippen LogP contribution in [0.5, 0.6) is 11.5 Å². The zero-order valence-corrected chi connectivity index (χ0v) is 14.9. The summed E-state index contributed by atoms with van der Waals surface area (Å²) in [4.78, 5) is 34.1. The van der Waals surface area contributed by atoms with Crippen LogP contribution in [0.25, 0.3) is 0 Å². The van der Waals surface area contributed by atoms with Crippen LogP contribution < -0.4 is 20.5 Å². The molecule has 0 aliphatic carbocycles. The van der Waals surface area contributed by atoms with Crippen LogP contribution in [0.2, 0.25) is 0 Å². The second-order valence-electron chi connectivity index (χ2n) is 5.44. The topological polar surface area (TPSA) is 108 Å². The van der Waals surface area contributed by atoms with Gasteiger partial charge in [0.25, 0.3) is 0 Å². The van der Waals surface area contributed by atoms with Crippen LogP contribution in [0.4, 0.5) is 0 Å². The molecule has 3 N–H and O–H groups in total. The van der Waals surface area contributed by atoms with Crippen LogP contribution in [0, 0.1) is 0 Å². The number of carbonyl (C=O) groups excluding carboxylic acids is 3. The Balaban J connectivity index is 0.00000529. The lowest BCUT2D eigenvalue weighted by atomic mass is 10.0. The fourth-order valence-corrected chi connectivity index (χ4v) is 1.89. The Morgan fingerprint density at radius 3 is 2.12 bits per heavy atom. The number of hydrogen-bond donors (Lipinski definition) is 2. The second kappa shape index (κ2) is 9.89. The van der Waals surface area contributed by atoms with Crippen LogP contribution in [0.1, 0.15) is 33.3 Å². The Hall–Kier alpha value is -2.12. The Morgan fingerprint density at radius 2 is 1.62 bits per heavy atom. The summed E-state index contributed by atoms with van der Waals surface area (Å²) in [7, 11) is 0. The van der Waals surface area contributed by atoms with E-state index >= 15 is 0 Å². The van der Waals surface area contributed by atoms with Gasteiger partial charge in [0.05, 0.1) is 6.04 Å². The number of nitrogens with one attached hydrogen (secondary N) is 1. The number of rotatable bonds is 6. The summed E-state index contributed by atoms with van der Waals surface area (Å²) in [6.45, 7) is 6.18. The summed E-state index contributed by atoms with van der Waals surface area (Å²) in [6.07, 6.45) is 0.257. The van der Waals surface area contributed by atoms with Crippen LogP contribution >= 0.6 is 12.4 Å². The van der Waals surface area contributed by atoms with E-state index in [0.717, 1.165) is 0 Å². The molecule has 7 nitrogen and oxygen atoms in total. The monoisotopic (exact) mass is 358 g/mol. The van der Waals surface area contributed by atoms with E-state index in [4.69, 9.17) is 15.2 Å². The van der Waals surface area contributed by atoms with Crippen molar-refractivity contribution in [2.24, 2.45) is 5.73 Å². The molecule has 0 bridgehead atoms. The summed E-state index contributed by atoms with van der Waals surface area (Å²) in [6, 6.07) is 3.96. The standard InChI is InChI=1S/C16H22N2O5.ClH/c1-9(2)18-16(21)13(17)7-12-5-6-14(22-10(3)19)15(8-12)23-11(4)20;/h5-6,8-9,13H,7,17H2,1-4H3,(H,18,21);1H/t13-;/m0./s1. The van der Waals surface area contributed by atoms with Gasteiger partial charge in [0.1, 0.15) is 0 Å². The number of nitrogens with two attached hydrogens (primary N) is 1. The fourth-order valence-electron chi connectivity index (χ4n) is 1.89. The number of benzene rings is 1. The average molecular weight is 359 g/mol. The molecule has 8 heteroatoms. The van der Waals surface area contributed by atoms with Crippen LogP contribution in [-0.4, -0.2) is 29.9 Å². The Morgan fingerprint density at radius 1 is 1.08 bits per heavy atom. The molecule has 0 aliphatic heterocycles. The largest absolute Gasteiger partial charge is 0.423 e. The van der Waals surface area contributed by atoms with Crippen LogP contribution in [0.15, 0.2) is 18.2 Å². The SMILES string of the molecule is CC(=O)Oc1ccc(C[C@H](N)C(=O)NC(C)C)cc1OC(C)=O.Cl. The number of halogens is 1. The van der Waals surface area contributed by atoms with Gasteiger partial charge in [-0.25, -0.2) is 0 Å². The Kier molecular flexibility index (Phi) is 9.02. The smallest absolute Gasteiger partial charge is 0.308 e. The molecule has 0 heterocycles. The molecule has 0 saturated heterocycles. The van der Waals surface area contributed by atoms with E-state index in [0.29, 0.717) is 5.56 Å². The van der Waals surface area contributed by atoms with Gasteiger partial charge in [-0.15, -0.1) is 12.4 Å². The van der Waals surface area contributed by atoms with Crippen molar-refractivity contribution >= 4 is 30.3 Å². The van der Waals surface area contributed by atoms with Crippen molar-refractivity contribution in [2.75, 3.05) is 0 Å². The predicted molar refractivity (Wildman–Crippen MR) is 91.3 cm³/mol. The number of esters is 2. The number of ether oxygens (including phenoxy) is 2. The van der Waals surface area contributed by atoms with Gasteiger partial charge < -0.3 is 20.5 Å². The maximum atomic E-state index is 11.8. The number of amides is 1. The first kappa shape index (κ1) is 21.9. The third-order valence-corrected chi connectivity index (χ3v) is 2.74. The maximum absolute atomic E-state index is 11.8. The van der Waals surface area contributed by atoms with Gasteiger partial charge in [0.15, 0.2) is 11.5 Å². The molecule has 0 unspecified atom stereocenters. The first-order valence-electron chi connectivity index (χ1n) is 7.24. The van der Waals surface area contributed by atoms with Crippen molar-refractivity contribution in [1.29, 1.82) is 0 Å². The molecule has 1 aromatic rings. The minimum Gasteiger partial charge on any atom is -0.423 e. The molecule has 1 rings (SSSR count). The van der Waals surface area contributed by atoms with Crippen LogP contribution in [-0.2, 0) is 20.8 Å². The van der Waals surface area contributed by atoms with E-state index in [1.807, 2.05) is 13.8 Å². The molecule has 0 fully saturated rings. The van der Waals surface area contributed by atoms with Gasteiger partial charge in [-0.3, -0.25) is 14.4 Å². The van der Waals surface area contributed by atoms with E-state index in [-0.39, 0.29) is 42.3 Å². The third kappa shape index (κ3) is 7.43. The molecule has 1 atom stereocenters. The zero-order valence-electron chi connectivity index (χ0n) is 14.1. The molecule has 0 saturated carbocycles. The summed E-state index contributed by atoms with van der Waals surface area (Å²) in [5.74, 6) is -1.09. The van der Waals surface area contributed by atoms with E-state index in [2.05, 4.69) is 5.32 Å². The van der Waals surface area contributed by atoms with Crippen molar-refractivity contribution < 1.29 is 23.9 Å². The van der Waals surface area contributed by atoms with E-state index in [1.54, 1.807) is 6.07 Å². The van der Waals surface area contributed by atoms with Gasteiger partial charge in [-0.2, -0.15) is 0 Å². The summed E-state index contributed by atoms with van der Waals surface area (Å²) < 4.78 is 10.0. The maximum Gasteiger partial charge on any atom is 0.308 e. The molecule has 0 aromatic heterocycles. The highest BCUT2D eigenvalue weighted by Gasteiger charge is 2.17. The van der Waals surface area contributed by atoms with E-state index in [9.17, 15) is 14.4 Å². The molecule has 0 spiro atoms. The summed E-state index contributed by atoms with van der Waals surface area (Å²) in [5, 5.41) is 2.73. The Bertz CT molecular complexity index is 604. The second-order valence-corrected chi connectivity index (χ2v) is 5.44. The Labute approximate surface area is 147 Å². The van der Waals surface area contributed by atoms with Gasteiger partial charge in [-0.05, 0) is 38.0 Å². The lowest BCUT2D eigenvalue weighted by molar-refractivity contribution is -0.134. The first-order chi connectivity index (χ1) is 10.7. The van der Waals surface area contributed by atoms with Gasteiger partial charge in [-0.1, -0.05) is 6.07 Å². The van der Waals surface area contributed by atoms with Crippen molar-refractivity contribution in [3.05, 3.63) is 23.8 Å².